The average Bonchev–Trinajstić information content (AvgIpc) is 2.56. The normalized spacial score (nSPS) is 41.7. The lowest BCUT2D eigenvalue weighted by atomic mass is 9.99. The van der Waals surface area contributed by atoms with E-state index in [-0.39, 0.29) is 5.92 Å². The number of hydrogen-bond donors (Lipinski definition) is 1. The van der Waals surface area contributed by atoms with E-state index in [2.05, 4.69) is 0 Å². The van der Waals surface area contributed by atoms with Crippen LogP contribution in [0.5, 0.6) is 0 Å². The topological polar surface area (TPSA) is 72.8 Å². The lowest BCUT2D eigenvalue weighted by molar-refractivity contribution is -0.154. The molecule has 78 valence electrons. The lowest BCUT2D eigenvalue weighted by Crippen LogP contribution is -2.34. The fourth-order valence-electron chi connectivity index (χ4n) is 1.89. The molecule has 0 aromatic rings. The summed E-state index contributed by atoms with van der Waals surface area (Å²) in [4.78, 5) is 22.0. The van der Waals surface area contributed by atoms with Crippen LogP contribution in [0, 0.1) is 5.92 Å². The van der Waals surface area contributed by atoms with Gasteiger partial charge in [0.15, 0.2) is 12.2 Å². The molecule has 0 saturated carbocycles. The second-order valence-electron chi connectivity index (χ2n) is 3.99. The maximum Gasteiger partial charge on any atom is 0.378 e. The first-order chi connectivity index (χ1) is 6.52. The highest BCUT2D eigenvalue weighted by Gasteiger charge is 2.56. The molecular weight excluding hydrogens is 188 g/mol. The number of rotatable bonds is 1. The van der Waals surface area contributed by atoms with E-state index < -0.39 is 36.2 Å². The molecule has 14 heavy (non-hydrogen) atoms. The van der Waals surface area contributed by atoms with E-state index in [1.54, 1.807) is 0 Å². The van der Waals surface area contributed by atoms with Crippen molar-refractivity contribution in [2.45, 2.75) is 38.3 Å². The van der Waals surface area contributed by atoms with Crippen molar-refractivity contribution < 1.29 is 24.2 Å². The Hall–Kier alpha value is -0.940. The first-order valence-corrected chi connectivity index (χ1v) is 4.60. The molecule has 0 aromatic carbocycles. The molecule has 0 aliphatic carbocycles. The predicted molar refractivity (Wildman–Crippen MR) is 44.4 cm³/mol. The number of ether oxygens (including phenoxy) is 2. The van der Waals surface area contributed by atoms with Gasteiger partial charge in [-0.25, -0.2) is 4.79 Å². The summed E-state index contributed by atoms with van der Waals surface area (Å²) in [6.45, 7) is 3.75. The Labute approximate surface area is 81.0 Å². The molecule has 5 heteroatoms. The lowest BCUT2D eigenvalue weighted by Gasteiger charge is -2.19. The standard InChI is InChI=1S/C9H12O5/c1-3(2)6-4(10)7-8(13-6)5(11)9(12)14-7/h3-4,6-8,10H,1-2H3/t4?,6-,7?,8+/m0/s1. The third kappa shape index (κ3) is 1.16. The Bertz CT molecular complexity index is 285. The van der Waals surface area contributed by atoms with E-state index in [4.69, 9.17) is 9.47 Å². The van der Waals surface area contributed by atoms with Crippen molar-refractivity contribution in [1.29, 1.82) is 0 Å². The number of aliphatic hydroxyl groups is 1. The Morgan fingerprint density at radius 3 is 2.50 bits per heavy atom. The van der Waals surface area contributed by atoms with Crippen LogP contribution in [0.15, 0.2) is 0 Å². The minimum atomic E-state index is -0.902. The number of carbonyl (C=O) groups excluding carboxylic acids is 2. The highest BCUT2D eigenvalue weighted by atomic mass is 16.6. The summed E-state index contributed by atoms with van der Waals surface area (Å²) < 4.78 is 10.0. The molecule has 0 spiro atoms. The maximum absolute atomic E-state index is 11.2. The summed E-state index contributed by atoms with van der Waals surface area (Å²) in [5.74, 6) is -1.50. The second kappa shape index (κ2) is 3.03. The maximum atomic E-state index is 11.2. The zero-order valence-corrected chi connectivity index (χ0v) is 7.97. The highest BCUT2D eigenvalue weighted by Crippen LogP contribution is 2.32. The van der Waals surface area contributed by atoms with Crippen LogP contribution in [0.25, 0.3) is 0 Å². The average molecular weight is 200 g/mol. The van der Waals surface area contributed by atoms with E-state index in [0.717, 1.165) is 0 Å². The van der Waals surface area contributed by atoms with Crippen molar-refractivity contribution in [3.63, 3.8) is 0 Å². The Kier molecular flexibility index (Phi) is 2.08. The largest absolute Gasteiger partial charge is 0.450 e. The molecule has 2 unspecified atom stereocenters. The van der Waals surface area contributed by atoms with Gasteiger partial charge in [0.25, 0.3) is 5.78 Å². The van der Waals surface area contributed by atoms with E-state index >= 15 is 0 Å². The molecule has 2 aliphatic heterocycles. The van der Waals surface area contributed by atoms with E-state index in [9.17, 15) is 14.7 Å². The first kappa shape index (κ1) is 9.61. The molecule has 0 amide bonds. The first-order valence-electron chi connectivity index (χ1n) is 4.60. The van der Waals surface area contributed by atoms with Gasteiger partial charge in [-0.3, -0.25) is 4.79 Å². The number of fused-ring (bicyclic) bond motifs is 1. The van der Waals surface area contributed by atoms with Crippen LogP contribution in [0.2, 0.25) is 0 Å². The third-order valence-corrected chi connectivity index (χ3v) is 2.64. The van der Waals surface area contributed by atoms with Crippen molar-refractivity contribution >= 4 is 11.8 Å². The second-order valence-corrected chi connectivity index (χ2v) is 3.99. The zero-order valence-electron chi connectivity index (χ0n) is 7.97. The van der Waals surface area contributed by atoms with Gasteiger partial charge in [-0.15, -0.1) is 0 Å². The van der Waals surface area contributed by atoms with Crippen molar-refractivity contribution in [2.75, 3.05) is 0 Å². The molecule has 2 saturated heterocycles. The van der Waals surface area contributed by atoms with Crippen LogP contribution >= 0.6 is 0 Å². The summed E-state index contributed by atoms with van der Waals surface area (Å²) in [7, 11) is 0. The molecule has 0 radical (unpaired) electrons. The van der Waals surface area contributed by atoms with Gasteiger partial charge in [-0.1, -0.05) is 13.8 Å². The minimum absolute atomic E-state index is 0.0853. The van der Waals surface area contributed by atoms with Crippen LogP contribution in [-0.2, 0) is 19.1 Å². The fraction of sp³-hybridized carbons (Fsp3) is 0.778. The molecule has 4 atom stereocenters. The van der Waals surface area contributed by atoms with Crippen molar-refractivity contribution in [1.82, 2.24) is 0 Å². The van der Waals surface area contributed by atoms with Crippen molar-refractivity contribution in [3.8, 4) is 0 Å². The number of carbonyl (C=O) groups is 2. The van der Waals surface area contributed by atoms with Gasteiger partial charge in [0.1, 0.15) is 6.10 Å². The zero-order chi connectivity index (χ0) is 10.5. The van der Waals surface area contributed by atoms with Crippen molar-refractivity contribution in [2.24, 2.45) is 5.92 Å². The molecule has 0 bridgehead atoms. The SMILES string of the molecule is CC(C)[C@@H]1O[C@@H]2C(=O)C(=O)OC2C1O. The molecule has 2 aliphatic rings. The molecule has 2 fully saturated rings. The van der Waals surface area contributed by atoms with Crippen LogP contribution < -0.4 is 0 Å². The number of aliphatic hydroxyl groups excluding tert-OH is 1. The minimum Gasteiger partial charge on any atom is -0.450 e. The predicted octanol–water partition coefficient (Wildman–Crippen LogP) is -0.735. The van der Waals surface area contributed by atoms with Crippen LogP contribution in [0.3, 0.4) is 0 Å². The number of ketones is 1. The van der Waals surface area contributed by atoms with Gasteiger partial charge in [-0.05, 0) is 5.92 Å². The van der Waals surface area contributed by atoms with Gasteiger partial charge in [0, 0.05) is 0 Å². The quantitative estimate of drug-likeness (QED) is 0.446. The van der Waals surface area contributed by atoms with Gasteiger partial charge >= 0.3 is 5.97 Å². The van der Waals surface area contributed by atoms with E-state index in [1.165, 1.54) is 0 Å². The van der Waals surface area contributed by atoms with Gasteiger partial charge in [-0.2, -0.15) is 0 Å². The summed E-state index contributed by atoms with van der Waals surface area (Å²) in [6.07, 6.45) is -3.02. The van der Waals surface area contributed by atoms with Gasteiger partial charge in [0.2, 0.25) is 0 Å². The molecule has 1 N–H and O–H groups in total. The molecule has 0 aromatic heterocycles. The van der Waals surface area contributed by atoms with Gasteiger partial charge in [0.05, 0.1) is 6.10 Å². The Balaban J connectivity index is 2.19. The highest BCUT2D eigenvalue weighted by molar-refractivity contribution is 6.37. The smallest absolute Gasteiger partial charge is 0.378 e. The van der Waals surface area contributed by atoms with Crippen LogP contribution in [0.1, 0.15) is 13.8 Å². The molecule has 2 rings (SSSR count). The number of hydrogen-bond acceptors (Lipinski definition) is 5. The van der Waals surface area contributed by atoms with Crippen LogP contribution in [-0.4, -0.2) is 41.3 Å². The van der Waals surface area contributed by atoms with E-state index in [0.29, 0.717) is 0 Å². The third-order valence-electron chi connectivity index (χ3n) is 2.64. The molecular formula is C9H12O5. The fourth-order valence-corrected chi connectivity index (χ4v) is 1.89. The van der Waals surface area contributed by atoms with Gasteiger partial charge < -0.3 is 14.6 Å². The van der Waals surface area contributed by atoms with Crippen LogP contribution in [0.4, 0.5) is 0 Å². The molecule has 5 nitrogen and oxygen atoms in total. The molecule has 2 heterocycles. The van der Waals surface area contributed by atoms with E-state index in [1.807, 2.05) is 13.8 Å². The number of Topliss-reactive ketones (excluding diaryl/α,β-unsaturated/α-hetero) is 1. The monoisotopic (exact) mass is 200 g/mol. The summed E-state index contributed by atoms with van der Waals surface area (Å²) in [6, 6.07) is 0. The summed E-state index contributed by atoms with van der Waals surface area (Å²) in [5, 5.41) is 9.71. The van der Waals surface area contributed by atoms with Crippen molar-refractivity contribution in [3.05, 3.63) is 0 Å². The Morgan fingerprint density at radius 2 is 2.00 bits per heavy atom. The number of esters is 1. The summed E-state index contributed by atoms with van der Waals surface area (Å²) in [5.41, 5.74) is 0. The Morgan fingerprint density at radius 1 is 1.36 bits per heavy atom. The summed E-state index contributed by atoms with van der Waals surface area (Å²) >= 11 is 0.